The first-order valence-electron chi connectivity index (χ1n) is 8.08. The van der Waals surface area contributed by atoms with Gasteiger partial charge in [0.2, 0.25) is 0 Å². The highest BCUT2D eigenvalue weighted by Gasteiger charge is 2.19. The third-order valence-corrected chi connectivity index (χ3v) is 5.95. The lowest BCUT2D eigenvalue weighted by molar-refractivity contribution is 1.21. The highest BCUT2D eigenvalue weighted by atomic mass is 35.5. The van der Waals surface area contributed by atoms with E-state index in [1.54, 1.807) is 36.1 Å². The Hall–Kier alpha value is -2.67. The number of fused-ring (bicyclic) bond motifs is 1. The SMILES string of the molecule is Clc1ccc(-c2cc(-c3ncnc4[nH]ccc34)sc2-c2ncc[nH]2)c(Cl)c1. The summed E-state index contributed by atoms with van der Waals surface area (Å²) in [5, 5.41) is 2.16. The van der Waals surface area contributed by atoms with E-state index < -0.39 is 0 Å². The molecule has 0 amide bonds. The number of thiophene rings is 1. The molecule has 0 aliphatic carbocycles. The zero-order chi connectivity index (χ0) is 18.4. The summed E-state index contributed by atoms with van der Waals surface area (Å²) in [7, 11) is 0. The number of hydrogen-bond acceptors (Lipinski definition) is 4. The van der Waals surface area contributed by atoms with E-state index in [1.807, 2.05) is 24.4 Å². The molecule has 0 aliphatic heterocycles. The molecule has 0 unspecified atom stereocenters. The molecule has 4 heterocycles. The molecule has 5 rings (SSSR count). The summed E-state index contributed by atoms with van der Waals surface area (Å²) in [6.45, 7) is 0. The van der Waals surface area contributed by atoms with Crippen molar-refractivity contribution in [3.8, 4) is 32.4 Å². The number of rotatable bonds is 3. The summed E-state index contributed by atoms with van der Waals surface area (Å²) in [6.07, 6.45) is 6.96. The Morgan fingerprint density at radius 3 is 2.63 bits per heavy atom. The van der Waals surface area contributed by atoms with E-state index in [2.05, 4.69) is 31.0 Å². The quantitative estimate of drug-likeness (QED) is 0.379. The lowest BCUT2D eigenvalue weighted by atomic mass is 10.0. The van der Waals surface area contributed by atoms with E-state index in [0.29, 0.717) is 10.0 Å². The second-order valence-electron chi connectivity index (χ2n) is 5.88. The molecule has 0 bridgehead atoms. The highest BCUT2D eigenvalue weighted by Crippen LogP contribution is 2.45. The highest BCUT2D eigenvalue weighted by molar-refractivity contribution is 7.19. The Balaban J connectivity index is 1.77. The Morgan fingerprint density at radius 2 is 1.81 bits per heavy atom. The van der Waals surface area contributed by atoms with Crippen molar-refractivity contribution in [3.63, 3.8) is 0 Å². The number of nitrogens with zero attached hydrogens (tertiary/aromatic N) is 3. The van der Waals surface area contributed by atoms with Crippen molar-refractivity contribution in [1.29, 1.82) is 0 Å². The van der Waals surface area contributed by atoms with Crippen molar-refractivity contribution < 1.29 is 0 Å². The topological polar surface area (TPSA) is 70.2 Å². The number of benzene rings is 1. The van der Waals surface area contributed by atoms with Crippen molar-refractivity contribution in [1.82, 2.24) is 24.9 Å². The van der Waals surface area contributed by atoms with Crippen molar-refractivity contribution in [2.24, 2.45) is 0 Å². The van der Waals surface area contributed by atoms with Crippen LogP contribution in [0.25, 0.3) is 43.4 Å². The van der Waals surface area contributed by atoms with Crippen LogP contribution in [-0.2, 0) is 0 Å². The molecule has 4 aromatic heterocycles. The second-order valence-corrected chi connectivity index (χ2v) is 7.77. The first-order chi connectivity index (χ1) is 13.2. The van der Waals surface area contributed by atoms with Gasteiger partial charge < -0.3 is 9.97 Å². The summed E-state index contributed by atoms with van der Waals surface area (Å²) in [4.78, 5) is 21.5. The third kappa shape index (κ3) is 2.82. The van der Waals surface area contributed by atoms with E-state index in [9.17, 15) is 0 Å². The van der Waals surface area contributed by atoms with E-state index in [-0.39, 0.29) is 0 Å². The fourth-order valence-electron chi connectivity index (χ4n) is 3.05. The molecular formula is C19H11Cl2N5S. The molecule has 27 heavy (non-hydrogen) atoms. The Labute approximate surface area is 168 Å². The van der Waals surface area contributed by atoms with Crippen LogP contribution >= 0.6 is 34.5 Å². The second kappa shape index (κ2) is 6.49. The molecule has 5 nitrogen and oxygen atoms in total. The van der Waals surface area contributed by atoms with Crippen molar-refractivity contribution in [2.75, 3.05) is 0 Å². The van der Waals surface area contributed by atoms with Crippen LogP contribution in [0.4, 0.5) is 0 Å². The Kier molecular flexibility index (Phi) is 3.97. The average molecular weight is 412 g/mol. The molecule has 1 aromatic carbocycles. The molecule has 0 aliphatic rings. The number of H-pyrrole nitrogens is 2. The van der Waals surface area contributed by atoms with Gasteiger partial charge in [-0.25, -0.2) is 15.0 Å². The number of aromatic amines is 2. The zero-order valence-corrected chi connectivity index (χ0v) is 16.0. The zero-order valence-electron chi connectivity index (χ0n) is 13.7. The first kappa shape index (κ1) is 16.5. The summed E-state index contributed by atoms with van der Waals surface area (Å²) >= 11 is 14.2. The molecule has 5 aromatic rings. The number of nitrogens with one attached hydrogen (secondary N) is 2. The fraction of sp³-hybridized carbons (Fsp3) is 0. The maximum absolute atomic E-state index is 6.49. The molecule has 0 saturated heterocycles. The number of imidazole rings is 1. The first-order valence-corrected chi connectivity index (χ1v) is 9.65. The molecule has 2 N–H and O–H groups in total. The average Bonchev–Trinajstić information content (AvgIpc) is 3.40. The maximum Gasteiger partial charge on any atom is 0.148 e. The van der Waals surface area contributed by atoms with Crippen LogP contribution in [0.3, 0.4) is 0 Å². The van der Waals surface area contributed by atoms with Crippen molar-refractivity contribution in [3.05, 3.63) is 65.3 Å². The van der Waals surface area contributed by atoms with Crippen LogP contribution in [0.1, 0.15) is 0 Å². The molecule has 0 radical (unpaired) electrons. The molecular weight excluding hydrogens is 401 g/mol. The summed E-state index contributed by atoms with van der Waals surface area (Å²) in [5.74, 6) is 0.784. The van der Waals surface area contributed by atoms with Crippen LogP contribution in [0.5, 0.6) is 0 Å². The van der Waals surface area contributed by atoms with Gasteiger partial charge in [-0.3, -0.25) is 0 Å². The Bertz CT molecular complexity index is 1260. The maximum atomic E-state index is 6.49. The largest absolute Gasteiger partial charge is 0.346 e. The van der Waals surface area contributed by atoms with E-state index >= 15 is 0 Å². The van der Waals surface area contributed by atoms with Crippen LogP contribution in [0.2, 0.25) is 10.0 Å². The van der Waals surface area contributed by atoms with Crippen LogP contribution in [-0.4, -0.2) is 24.9 Å². The Morgan fingerprint density at radius 1 is 0.889 bits per heavy atom. The summed E-state index contributed by atoms with van der Waals surface area (Å²) in [5.41, 5.74) is 3.55. The van der Waals surface area contributed by atoms with Gasteiger partial charge in [0.05, 0.1) is 15.4 Å². The molecule has 0 saturated carbocycles. The lowest BCUT2D eigenvalue weighted by Gasteiger charge is -2.05. The predicted octanol–water partition coefficient (Wildman–Crippen LogP) is 6.05. The van der Waals surface area contributed by atoms with Crippen LogP contribution in [0, 0.1) is 0 Å². The number of hydrogen-bond donors (Lipinski definition) is 2. The smallest absolute Gasteiger partial charge is 0.148 e. The van der Waals surface area contributed by atoms with E-state index in [1.165, 1.54) is 0 Å². The molecule has 8 heteroatoms. The van der Waals surface area contributed by atoms with Crippen LogP contribution in [0.15, 0.2) is 55.2 Å². The van der Waals surface area contributed by atoms with Gasteiger partial charge in [-0.15, -0.1) is 11.3 Å². The standard InChI is InChI=1S/C19H11Cl2N5S/c20-10-1-2-11(14(21)7-10)13-8-15(27-17(13)19-23-5-6-24-19)16-12-3-4-22-18(12)26-9-25-16/h1-9H,(H,23,24)(H,22,25,26). The number of halogens is 2. The molecule has 0 atom stereocenters. The van der Waals surface area contributed by atoms with Crippen LogP contribution < -0.4 is 0 Å². The normalized spacial score (nSPS) is 11.3. The third-order valence-electron chi connectivity index (χ3n) is 4.25. The van der Waals surface area contributed by atoms with Crippen molar-refractivity contribution >= 4 is 45.6 Å². The molecule has 0 fully saturated rings. The van der Waals surface area contributed by atoms with Gasteiger partial charge in [0.25, 0.3) is 0 Å². The van der Waals surface area contributed by atoms with Gasteiger partial charge in [-0.2, -0.15) is 0 Å². The van der Waals surface area contributed by atoms with Gasteiger partial charge in [0, 0.05) is 45.1 Å². The number of aromatic nitrogens is 5. The monoisotopic (exact) mass is 411 g/mol. The van der Waals surface area contributed by atoms with Gasteiger partial charge >= 0.3 is 0 Å². The minimum absolute atomic E-state index is 0.592. The van der Waals surface area contributed by atoms with Gasteiger partial charge in [-0.05, 0) is 24.3 Å². The summed E-state index contributed by atoms with van der Waals surface area (Å²) < 4.78 is 0. The van der Waals surface area contributed by atoms with Gasteiger partial charge in [-0.1, -0.05) is 29.3 Å². The lowest BCUT2D eigenvalue weighted by Crippen LogP contribution is -1.84. The van der Waals surface area contributed by atoms with Crippen molar-refractivity contribution in [2.45, 2.75) is 0 Å². The predicted molar refractivity (Wildman–Crippen MR) is 110 cm³/mol. The minimum atomic E-state index is 0.592. The van der Waals surface area contributed by atoms with E-state index in [4.69, 9.17) is 23.2 Å². The fourth-order valence-corrected chi connectivity index (χ4v) is 4.70. The van der Waals surface area contributed by atoms with E-state index in [0.717, 1.165) is 43.4 Å². The van der Waals surface area contributed by atoms with Gasteiger partial charge in [0.15, 0.2) is 0 Å². The molecule has 132 valence electrons. The minimum Gasteiger partial charge on any atom is -0.346 e. The molecule has 0 spiro atoms. The summed E-state index contributed by atoms with van der Waals surface area (Å²) in [6, 6.07) is 9.57. The van der Waals surface area contributed by atoms with Gasteiger partial charge in [0.1, 0.15) is 17.8 Å².